The van der Waals surface area contributed by atoms with Crippen LogP contribution in [0.1, 0.15) is 5.56 Å². The Labute approximate surface area is 103 Å². The molecule has 0 atom stereocenters. The molecule has 1 aromatic carbocycles. The van der Waals surface area contributed by atoms with Crippen LogP contribution >= 0.6 is 10.7 Å². The monoisotopic (exact) mass is 279 g/mol. The highest BCUT2D eigenvalue weighted by Crippen LogP contribution is 2.27. The molecule has 0 fully saturated rings. The van der Waals surface area contributed by atoms with Gasteiger partial charge in [0.05, 0.1) is 7.11 Å². The Bertz CT molecular complexity index is 528. The summed E-state index contributed by atoms with van der Waals surface area (Å²) in [6.07, 6.45) is -1.21. The molecule has 17 heavy (non-hydrogen) atoms. The zero-order chi connectivity index (χ0) is 13.1. The quantitative estimate of drug-likeness (QED) is 0.850. The lowest BCUT2D eigenvalue weighted by Gasteiger charge is -2.09. The minimum absolute atomic E-state index is 0.0934. The first-order valence-electron chi connectivity index (χ1n) is 4.40. The van der Waals surface area contributed by atoms with Gasteiger partial charge >= 0.3 is 15.3 Å². The van der Waals surface area contributed by atoms with Gasteiger partial charge < -0.3 is 9.47 Å². The molecule has 0 bridgehead atoms. The van der Waals surface area contributed by atoms with Crippen molar-refractivity contribution < 1.29 is 22.7 Å². The number of hydrogen-bond acceptors (Lipinski definition) is 5. The fourth-order valence-corrected chi connectivity index (χ4v) is 1.51. The topological polar surface area (TPSA) is 81.7 Å². The van der Waals surface area contributed by atoms with Crippen molar-refractivity contribution >= 4 is 26.0 Å². The highest BCUT2D eigenvalue weighted by atomic mass is 35.7. The lowest BCUT2D eigenvalue weighted by molar-refractivity contribution is 0.205. The molecule has 0 aliphatic rings. The maximum Gasteiger partial charge on any atom is 0.427 e. The van der Waals surface area contributed by atoms with Crippen LogP contribution in [0.4, 0.5) is 4.79 Å². The number of ether oxygens (including phenoxy) is 2. The van der Waals surface area contributed by atoms with Crippen LogP contribution in [0, 0.1) is 6.92 Å². The van der Waals surface area contributed by atoms with Crippen molar-refractivity contribution in [2.24, 2.45) is 0 Å². The largest absolute Gasteiger partial charge is 0.493 e. The van der Waals surface area contributed by atoms with Crippen LogP contribution in [0.5, 0.6) is 11.5 Å². The molecular formula is C9H10ClNO5S. The van der Waals surface area contributed by atoms with Crippen molar-refractivity contribution in [1.29, 1.82) is 0 Å². The van der Waals surface area contributed by atoms with Gasteiger partial charge in [0.1, 0.15) is 0 Å². The molecule has 0 heterocycles. The summed E-state index contributed by atoms with van der Waals surface area (Å²) in [5, 5.41) is 0. The highest BCUT2D eigenvalue weighted by Gasteiger charge is 2.15. The van der Waals surface area contributed by atoms with Crippen LogP contribution in [-0.4, -0.2) is 21.6 Å². The van der Waals surface area contributed by atoms with E-state index in [1.54, 1.807) is 12.1 Å². The molecule has 0 spiro atoms. The molecule has 0 radical (unpaired) electrons. The van der Waals surface area contributed by atoms with Crippen molar-refractivity contribution in [3.8, 4) is 11.5 Å². The molecule has 94 valence electrons. The molecule has 1 amide bonds. The van der Waals surface area contributed by atoms with Crippen molar-refractivity contribution in [2.75, 3.05) is 7.11 Å². The van der Waals surface area contributed by atoms with Crippen LogP contribution in [0.25, 0.3) is 0 Å². The zero-order valence-corrected chi connectivity index (χ0v) is 10.6. The second-order valence-electron chi connectivity index (χ2n) is 3.08. The molecule has 1 aromatic rings. The Morgan fingerprint density at radius 2 is 2.00 bits per heavy atom. The summed E-state index contributed by atoms with van der Waals surface area (Å²) in [5.74, 6) is 0.406. The van der Waals surface area contributed by atoms with Gasteiger partial charge in [0, 0.05) is 10.7 Å². The van der Waals surface area contributed by atoms with E-state index in [-0.39, 0.29) is 5.75 Å². The lowest BCUT2D eigenvalue weighted by Crippen LogP contribution is -2.29. The number of aryl methyl sites for hydroxylation is 1. The van der Waals surface area contributed by atoms with Gasteiger partial charge in [-0.25, -0.2) is 9.52 Å². The second-order valence-corrected chi connectivity index (χ2v) is 5.38. The van der Waals surface area contributed by atoms with Gasteiger partial charge in [0.25, 0.3) is 0 Å². The Kier molecular flexibility index (Phi) is 4.19. The smallest absolute Gasteiger partial charge is 0.427 e. The number of nitrogens with one attached hydrogen (secondary N) is 1. The average molecular weight is 280 g/mol. The van der Waals surface area contributed by atoms with Gasteiger partial charge in [-0.05, 0) is 24.6 Å². The number of carbonyl (C=O) groups is 1. The van der Waals surface area contributed by atoms with Crippen molar-refractivity contribution in [3.05, 3.63) is 23.8 Å². The molecule has 0 aliphatic carbocycles. The van der Waals surface area contributed by atoms with E-state index in [0.717, 1.165) is 5.56 Å². The van der Waals surface area contributed by atoms with Crippen LogP contribution in [0.2, 0.25) is 0 Å². The summed E-state index contributed by atoms with van der Waals surface area (Å²) < 4.78 is 32.3. The molecule has 0 unspecified atom stereocenters. The first-order valence-corrected chi connectivity index (χ1v) is 6.71. The van der Waals surface area contributed by atoms with E-state index in [1.807, 2.05) is 6.92 Å². The predicted molar refractivity (Wildman–Crippen MR) is 61.7 cm³/mol. The first kappa shape index (κ1) is 13.6. The molecular weight excluding hydrogens is 270 g/mol. The average Bonchev–Trinajstić information content (AvgIpc) is 2.17. The standard InChI is InChI=1S/C9H10ClNO5S/c1-6-3-4-7(8(5-6)15-2)16-9(12)11-17(10,13)14/h3-5H,1-2H3,(H,11,12). The number of halogens is 1. The van der Waals surface area contributed by atoms with Crippen LogP contribution in [0.15, 0.2) is 18.2 Å². The molecule has 8 heteroatoms. The first-order chi connectivity index (χ1) is 7.81. The molecule has 0 saturated carbocycles. The molecule has 0 aromatic heterocycles. The molecule has 0 aliphatic heterocycles. The van der Waals surface area contributed by atoms with Crippen molar-refractivity contribution in [1.82, 2.24) is 4.72 Å². The Hall–Kier alpha value is -1.47. The number of rotatable bonds is 3. The number of methoxy groups -OCH3 is 1. The van der Waals surface area contributed by atoms with E-state index < -0.39 is 15.3 Å². The summed E-state index contributed by atoms with van der Waals surface area (Å²) in [5.41, 5.74) is 0.902. The lowest BCUT2D eigenvalue weighted by atomic mass is 10.2. The van der Waals surface area contributed by atoms with Gasteiger partial charge in [-0.1, -0.05) is 6.07 Å². The number of carbonyl (C=O) groups excluding carboxylic acids is 1. The van der Waals surface area contributed by atoms with Crippen molar-refractivity contribution in [3.63, 3.8) is 0 Å². The number of hydrogen-bond donors (Lipinski definition) is 1. The molecule has 1 rings (SSSR count). The molecule has 6 nitrogen and oxygen atoms in total. The maximum absolute atomic E-state index is 11.1. The SMILES string of the molecule is COc1cc(C)ccc1OC(=O)NS(=O)(=O)Cl. The Balaban J connectivity index is 2.85. The van der Waals surface area contributed by atoms with E-state index in [1.165, 1.54) is 17.9 Å². The van der Waals surface area contributed by atoms with Crippen LogP contribution in [-0.2, 0) is 9.24 Å². The summed E-state index contributed by atoms with van der Waals surface area (Å²) in [4.78, 5) is 11.1. The Morgan fingerprint density at radius 1 is 1.35 bits per heavy atom. The summed E-state index contributed by atoms with van der Waals surface area (Å²) in [6, 6.07) is 4.80. The van der Waals surface area contributed by atoms with E-state index in [2.05, 4.69) is 0 Å². The fourth-order valence-electron chi connectivity index (χ4n) is 1.08. The van der Waals surface area contributed by atoms with Crippen LogP contribution < -0.4 is 14.2 Å². The minimum Gasteiger partial charge on any atom is -0.493 e. The Morgan fingerprint density at radius 3 is 2.53 bits per heavy atom. The normalized spacial score (nSPS) is 10.8. The van der Waals surface area contributed by atoms with Crippen LogP contribution in [0.3, 0.4) is 0 Å². The second kappa shape index (κ2) is 5.24. The maximum atomic E-state index is 11.1. The predicted octanol–water partition coefficient (Wildman–Crippen LogP) is 1.58. The number of amides is 1. The third-order valence-corrected chi connectivity index (χ3v) is 2.37. The van der Waals surface area contributed by atoms with Gasteiger partial charge in [-0.15, -0.1) is 0 Å². The van der Waals surface area contributed by atoms with Gasteiger partial charge in [-0.3, -0.25) is 0 Å². The summed E-state index contributed by atoms with van der Waals surface area (Å²) in [6.45, 7) is 1.83. The fraction of sp³-hybridized carbons (Fsp3) is 0.222. The van der Waals surface area contributed by atoms with Crippen molar-refractivity contribution in [2.45, 2.75) is 6.92 Å². The highest BCUT2D eigenvalue weighted by molar-refractivity contribution is 8.12. The van der Waals surface area contributed by atoms with E-state index in [9.17, 15) is 13.2 Å². The van der Waals surface area contributed by atoms with Gasteiger partial charge in [0.2, 0.25) is 0 Å². The summed E-state index contributed by atoms with van der Waals surface area (Å²) in [7, 11) is 2.06. The van der Waals surface area contributed by atoms with E-state index in [0.29, 0.717) is 5.75 Å². The van der Waals surface area contributed by atoms with Gasteiger partial charge in [-0.2, -0.15) is 8.42 Å². The minimum atomic E-state index is -4.16. The zero-order valence-electron chi connectivity index (χ0n) is 9.06. The van der Waals surface area contributed by atoms with E-state index >= 15 is 0 Å². The molecule has 0 saturated heterocycles. The third kappa shape index (κ3) is 4.49. The molecule has 1 N–H and O–H groups in total. The number of benzene rings is 1. The van der Waals surface area contributed by atoms with E-state index in [4.69, 9.17) is 20.2 Å². The third-order valence-electron chi connectivity index (χ3n) is 1.73. The van der Waals surface area contributed by atoms with Gasteiger partial charge in [0.15, 0.2) is 11.5 Å². The summed E-state index contributed by atoms with van der Waals surface area (Å²) >= 11 is 0.